The standard InChI is InChI=1S/C12H14N4O4S/c1-9(11-6-13-14-7-11)15-21(19,20)8-10-2-4-12(5-3-10)16(17)18/h2-7,9,15H,8H2,1H3,(H,13,14). The lowest BCUT2D eigenvalue weighted by molar-refractivity contribution is -0.384. The molecule has 0 bridgehead atoms. The highest BCUT2D eigenvalue weighted by molar-refractivity contribution is 7.88. The molecule has 0 aliphatic carbocycles. The lowest BCUT2D eigenvalue weighted by Crippen LogP contribution is -2.27. The topological polar surface area (TPSA) is 118 Å². The summed E-state index contributed by atoms with van der Waals surface area (Å²) in [5, 5.41) is 16.9. The van der Waals surface area contributed by atoms with E-state index in [0.717, 1.165) is 5.56 Å². The summed E-state index contributed by atoms with van der Waals surface area (Å²) in [5.74, 6) is -0.243. The van der Waals surface area contributed by atoms with Crippen LogP contribution in [0.1, 0.15) is 24.1 Å². The number of hydrogen-bond donors (Lipinski definition) is 2. The van der Waals surface area contributed by atoms with Crippen molar-refractivity contribution >= 4 is 15.7 Å². The molecule has 1 aromatic heterocycles. The van der Waals surface area contributed by atoms with Gasteiger partial charge < -0.3 is 0 Å². The zero-order valence-electron chi connectivity index (χ0n) is 11.2. The summed E-state index contributed by atoms with van der Waals surface area (Å²) >= 11 is 0. The number of nitrogens with one attached hydrogen (secondary N) is 2. The van der Waals surface area contributed by atoms with Gasteiger partial charge in [0, 0.05) is 29.9 Å². The highest BCUT2D eigenvalue weighted by atomic mass is 32.2. The van der Waals surface area contributed by atoms with Gasteiger partial charge in [-0.3, -0.25) is 15.2 Å². The van der Waals surface area contributed by atoms with E-state index in [4.69, 9.17) is 0 Å². The second-order valence-corrected chi connectivity index (χ2v) is 6.31. The van der Waals surface area contributed by atoms with Gasteiger partial charge in [0.1, 0.15) is 0 Å². The number of hydrogen-bond acceptors (Lipinski definition) is 5. The number of nitro benzene ring substituents is 1. The number of aromatic amines is 1. The minimum atomic E-state index is -3.55. The second kappa shape index (κ2) is 6.02. The number of sulfonamides is 1. The number of H-pyrrole nitrogens is 1. The fraction of sp³-hybridized carbons (Fsp3) is 0.250. The van der Waals surface area contributed by atoms with Gasteiger partial charge in [-0.2, -0.15) is 5.10 Å². The van der Waals surface area contributed by atoms with E-state index in [9.17, 15) is 18.5 Å². The second-order valence-electron chi connectivity index (χ2n) is 4.55. The minimum Gasteiger partial charge on any atom is -0.285 e. The Bertz CT molecular complexity index is 710. The van der Waals surface area contributed by atoms with Crippen LogP contribution in [0.3, 0.4) is 0 Å². The molecule has 1 aromatic carbocycles. The number of aromatic nitrogens is 2. The third-order valence-electron chi connectivity index (χ3n) is 2.88. The molecule has 112 valence electrons. The molecular weight excluding hydrogens is 296 g/mol. The summed E-state index contributed by atoms with van der Waals surface area (Å²) in [4.78, 5) is 10.0. The lowest BCUT2D eigenvalue weighted by atomic mass is 10.2. The van der Waals surface area contributed by atoms with Crippen molar-refractivity contribution in [1.29, 1.82) is 0 Å². The molecule has 2 rings (SSSR count). The first-order valence-electron chi connectivity index (χ1n) is 6.09. The van der Waals surface area contributed by atoms with Gasteiger partial charge in [-0.05, 0) is 12.5 Å². The number of non-ortho nitro benzene ring substituents is 1. The van der Waals surface area contributed by atoms with Crippen molar-refractivity contribution in [3.05, 3.63) is 57.9 Å². The molecule has 2 N–H and O–H groups in total. The number of benzene rings is 1. The molecule has 0 aliphatic heterocycles. The Balaban J connectivity index is 2.05. The zero-order valence-corrected chi connectivity index (χ0v) is 12.0. The van der Waals surface area contributed by atoms with E-state index in [1.807, 2.05) is 0 Å². The van der Waals surface area contributed by atoms with Crippen molar-refractivity contribution in [2.24, 2.45) is 0 Å². The highest BCUT2D eigenvalue weighted by Gasteiger charge is 2.17. The smallest absolute Gasteiger partial charge is 0.269 e. The lowest BCUT2D eigenvalue weighted by Gasteiger charge is -2.12. The van der Waals surface area contributed by atoms with Gasteiger partial charge in [0.25, 0.3) is 5.69 Å². The van der Waals surface area contributed by atoms with Gasteiger partial charge in [-0.1, -0.05) is 12.1 Å². The molecule has 8 nitrogen and oxygen atoms in total. The molecule has 0 radical (unpaired) electrons. The maximum absolute atomic E-state index is 12.0. The summed E-state index contributed by atoms with van der Waals surface area (Å²) in [5.41, 5.74) is 1.13. The molecule has 21 heavy (non-hydrogen) atoms. The predicted octanol–water partition coefficient (Wildman–Crippen LogP) is 1.50. The monoisotopic (exact) mass is 310 g/mol. The van der Waals surface area contributed by atoms with Gasteiger partial charge in [0.15, 0.2) is 0 Å². The maximum Gasteiger partial charge on any atom is 0.269 e. The Morgan fingerprint density at radius 1 is 1.38 bits per heavy atom. The van der Waals surface area contributed by atoms with Crippen molar-refractivity contribution < 1.29 is 13.3 Å². The van der Waals surface area contributed by atoms with Crippen molar-refractivity contribution in [3.63, 3.8) is 0 Å². The molecule has 2 aromatic rings. The van der Waals surface area contributed by atoms with E-state index in [1.54, 1.807) is 19.3 Å². The first kappa shape index (κ1) is 15.1. The molecule has 0 aliphatic rings. The van der Waals surface area contributed by atoms with Crippen molar-refractivity contribution in [2.45, 2.75) is 18.7 Å². The normalized spacial score (nSPS) is 13.0. The van der Waals surface area contributed by atoms with E-state index in [-0.39, 0.29) is 11.4 Å². The largest absolute Gasteiger partial charge is 0.285 e. The zero-order chi connectivity index (χ0) is 15.5. The highest BCUT2D eigenvalue weighted by Crippen LogP contribution is 2.16. The Labute approximate surface area is 121 Å². The molecular formula is C12H14N4O4S. The van der Waals surface area contributed by atoms with Crippen LogP contribution in [-0.2, 0) is 15.8 Å². The Hall–Kier alpha value is -2.26. The van der Waals surface area contributed by atoms with Crippen molar-refractivity contribution in [2.75, 3.05) is 0 Å². The van der Waals surface area contributed by atoms with Crippen LogP contribution in [0.2, 0.25) is 0 Å². The van der Waals surface area contributed by atoms with Crippen molar-refractivity contribution in [3.8, 4) is 0 Å². The Morgan fingerprint density at radius 3 is 2.57 bits per heavy atom. The molecule has 9 heteroatoms. The van der Waals surface area contributed by atoms with Crippen LogP contribution in [0, 0.1) is 10.1 Å². The van der Waals surface area contributed by atoms with Gasteiger partial charge in [-0.15, -0.1) is 0 Å². The number of nitrogens with zero attached hydrogens (tertiary/aromatic N) is 2. The van der Waals surface area contributed by atoms with Gasteiger partial charge in [0.05, 0.1) is 16.9 Å². The third-order valence-corrected chi connectivity index (χ3v) is 4.31. The fourth-order valence-electron chi connectivity index (χ4n) is 1.81. The van der Waals surface area contributed by atoms with Crippen LogP contribution in [0.25, 0.3) is 0 Å². The van der Waals surface area contributed by atoms with Crippen LogP contribution >= 0.6 is 0 Å². The third kappa shape index (κ3) is 4.10. The van der Waals surface area contributed by atoms with Crippen LogP contribution in [0.15, 0.2) is 36.7 Å². The molecule has 1 heterocycles. The first-order chi connectivity index (χ1) is 9.87. The van der Waals surface area contributed by atoms with Gasteiger partial charge in [0.2, 0.25) is 10.0 Å². The number of nitro groups is 1. The van der Waals surface area contributed by atoms with E-state index >= 15 is 0 Å². The van der Waals surface area contributed by atoms with Crippen LogP contribution in [-0.4, -0.2) is 23.5 Å². The van der Waals surface area contributed by atoms with E-state index < -0.39 is 21.0 Å². The minimum absolute atomic E-state index is 0.0733. The molecule has 1 unspecified atom stereocenters. The molecule has 0 saturated heterocycles. The van der Waals surface area contributed by atoms with Crippen LogP contribution in [0.5, 0.6) is 0 Å². The summed E-state index contributed by atoms with van der Waals surface area (Å²) in [6.45, 7) is 1.71. The average Bonchev–Trinajstić information content (AvgIpc) is 2.92. The van der Waals surface area contributed by atoms with Gasteiger partial charge >= 0.3 is 0 Å². The molecule has 0 saturated carbocycles. The van der Waals surface area contributed by atoms with Crippen LogP contribution in [0.4, 0.5) is 5.69 Å². The fourth-order valence-corrected chi connectivity index (χ4v) is 3.20. The van der Waals surface area contributed by atoms with E-state index in [0.29, 0.717) is 5.56 Å². The molecule has 1 atom stereocenters. The molecule has 0 spiro atoms. The van der Waals surface area contributed by atoms with E-state index in [1.165, 1.54) is 24.3 Å². The number of rotatable bonds is 6. The Kier molecular flexibility index (Phi) is 4.34. The van der Waals surface area contributed by atoms with E-state index in [2.05, 4.69) is 14.9 Å². The summed E-state index contributed by atoms with van der Waals surface area (Å²) in [6, 6.07) is 5.01. The Morgan fingerprint density at radius 2 is 2.05 bits per heavy atom. The SMILES string of the molecule is CC(NS(=O)(=O)Cc1ccc([N+](=O)[O-])cc1)c1cn[nH]c1. The quantitative estimate of drug-likeness (QED) is 0.619. The summed E-state index contributed by atoms with van der Waals surface area (Å²) in [7, 11) is -3.55. The molecule has 0 fully saturated rings. The predicted molar refractivity (Wildman–Crippen MR) is 75.9 cm³/mol. The average molecular weight is 310 g/mol. The molecule has 0 amide bonds. The van der Waals surface area contributed by atoms with Gasteiger partial charge in [-0.25, -0.2) is 13.1 Å². The maximum atomic E-state index is 12.0. The summed E-state index contributed by atoms with van der Waals surface area (Å²) in [6.07, 6.45) is 3.15. The van der Waals surface area contributed by atoms with Crippen molar-refractivity contribution in [1.82, 2.24) is 14.9 Å². The summed E-state index contributed by atoms with van der Waals surface area (Å²) < 4.78 is 26.6. The first-order valence-corrected chi connectivity index (χ1v) is 7.74. The van der Waals surface area contributed by atoms with Crippen LogP contribution < -0.4 is 4.72 Å².